The van der Waals surface area contributed by atoms with Gasteiger partial charge in [0.1, 0.15) is 12.2 Å². The number of nitrogens with one attached hydrogen (secondary N) is 1. The largest absolute Gasteiger partial charge is 0.368 e. The standard InChI is InChI=1S/C20H22N8O/c1-4-14-6-17(26-20(21)25-14)16-9-23-19-15(16)5-12(7-22-19)13-8-24-28(10-13)11-18(29)27(2)3/h5-10H,4,11H2,1-3H3,(H,22,23)(H2,21,25,26). The second-order valence-corrected chi connectivity index (χ2v) is 6.99. The van der Waals surface area contributed by atoms with Gasteiger partial charge >= 0.3 is 0 Å². The summed E-state index contributed by atoms with van der Waals surface area (Å²) in [6.07, 6.45) is 8.01. The predicted octanol–water partition coefficient (Wildman–Crippen LogP) is 2.12. The average molecular weight is 390 g/mol. The van der Waals surface area contributed by atoms with E-state index in [0.717, 1.165) is 45.5 Å². The second kappa shape index (κ2) is 7.34. The van der Waals surface area contributed by atoms with Crippen LogP contribution in [0.15, 0.2) is 36.9 Å². The highest BCUT2D eigenvalue weighted by atomic mass is 16.2. The minimum absolute atomic E-state index is 0.0192. The number of fused-ring (bicyclic) bond motifs is 1. The van der Waals surface area contributed by atoms with Gasteiger partial charge in [-0.25, -0.2) is 15.0 Å². The maximum Gasteiger partial charge on any atom is 0.243 e. The molecule has 9 nitrogen and oxygen atoms in total. The van der Waals surface area contributed by atoms with Crippen LogP contribution in [-0.2, 0) is 17.8 Å². The SMILES string of the molecule is CCc1cc(-c2c[nH]c3ncc(-c4cnn(CC(=O)N(C)C)c4)cc23)nc(N)n1. The molecule has 3 N–H and O–H groups in total. The third-order valence-electron chi connectivity index (χ3n) is 4.73. The van der Waals surface area contributed by atoms with Crippen LogP contribution in [0, 0.1) is 0 Å². The van der Waals surface area contributed by atoms with Gasteiger partial charge in [-0.2, -0.15) is 5.10 Å². The first-order chi connectivity index (χ1) is 13.9. The number of hydrogen-bond acceptors (Lipinski definition) is 6. The van der Waals surface area contributed by atoms with Gasteiger partial charge in [0, 0.05) is 60.5 Å². The van der Waals surface area contributed by atoms with Crippen molar-refractivity contribution >= 4 is 22.9 Å². The lowest BCUT2D eigenvalue weighted by molar-refractivity contribution is -0.129. The van der Waals surface area contributed by atoms with Gasteiger partial charge in [-0.3, -0.25) is 9.48 Å². The van der Waals surface area contributed by atoms with Crippen molar-refractivity contribution in [1.82, 2.24) is 34.6 Å². The molecule has 0 aromatic carbocycles. The number of aryl methyl sites for hydroxylation is 1. The number of nitrogens with two attached hydrogens (primary N) is 1. The van der Waals surface area contributed by atoms with Crippen molar-refractivity contribution in [3.63, 3.8) is 0 Å². The number of pyridine rings is 1. The fraction of sp³-hybridized carbons (Fsp3) is 0.250. The first kappa shape index (κ1) is 18.6. The lowest BCUT2D eigenvalue weighted by atomic mass is 10.1. The molecule has 4 heterocycles. The van der Waals surface area contributed by atoms with Crippen LogP contribution in [0.25, 0.3) is 33.4 Å². The maximum absolute atomic E-state index is 11.9. The fourth-order valence-corrected chi connectivity index (χ4v) is 3.09. The summed E-state index contributed by atoms with van der Waals surface area (Å²) in [5, 5.41) is 5.22. The van der Waals surface area contributed by atoms with Gasteiger partial charge in [-0.05, 0) is 18.6 Å². The van der Waals surface area contributed by atoms with Crippen molar-refractivity contribution < 1.29 is 4.79 Å². The molecule has 9 heteroatoms. The molecule has 29 heavy (non-hydrogen) atoms. The number of nitrogen functional groups attached to an aromatic ring is 1. The van der Waals surface area contributed by atoms with Crippen molar-refractivity contribution in [2.45, 2.75) is 19.9 Å². The van der Waals surface area contributed by atoms with E-state index in [2.05, 4.69) is 25.0 Å². The van der Waals surface area contributed by atoms with E-state index < -0.39 is 0 Å². The van der Waals surface area contributed by atoms with Crippen LogP contribution >= 0.6 is 0 Å². The third kappa shape index (κ3) is 3.66. The van der Waals surface area contributed by atoms with Gasteiger partial charge in [0.2, 0.25) is 11.9 Å². The summed E-state index contributed by atoms with van der Waals surface area (Å²) in [6.45, 7) is 2.22. The summed E-state index contributed by atoms with van der Waals surface area (Å²) < 4.78 is 1.62. The summed E-state index contributed by atoms with van der Waals surface area (Å²) in [6, 6.07) is 3.98. The Morgan fingerprint density at radius 3 is 2.79 bits per heavy atom. The number of carbonyl (C=O) groups is 1. The van der Waals surface area contributed by atoms with E-state index in [9.17, 15) is 4.79 Å². The molecule has 0 spiro atoms. The number of nitrogens with zero attached hydrogens (tertiary/aromatic N) is 6. The van der Waals surface area contributed by atoms with Gasteiger partial charge in [0.05, 0.1) is 11.9 Å². The molecule has 148 valence electrons. The van der Waals surface area contributed by atoms with Crippen molar-refractivity contribution in [2.24, 2.45) is 0 Å². The molecule has 0 saturated heterocycles. The van der Waals surface area contributed by atoms with E-state index in [1.54, 1.807) is 36.1 Å². The number of anilines is 1. The molecule has 1 amide bonds. The van der Waals surface area contributed by atoms with E-state index in [4.69, 9.17) is 5.73 Å². The number of H-pyrrole nitrogens is 1. The van der Waals surface area contributed by atoms with E-state index in [-0.39, 0.29) is 18.4 Å². The van der Waals surface area contributed by atoms with Crippen molar-refractivity contribution in [3.8, 4) is 22.4 Å². The fourth-order valence-electron chi connectivity index (χ4n) is 3.09. The zero-order valence-electron chi connectivity index (χ0n) is 16.5. The first-order valence-corrected chi connectivity index (χ1v) is 9.28. The maximum atomic E-state index is 11.9. The molecule has 0 radical (unpaired) electrons. The molecule has 0 fully saturated rings. The van der Waals surface area contributed by atoms with Gasteiger partial charge in [0.25, 0.3) is 0 Å². The lowest BCUT2D eigenvalue weighted by Crippen LogP contribution is -2.26. The topological polar surface area (TPSA) is 119 Å². The Morgan fingerprint density at radius 1 is 1.21 bits per heavy atom. The average Bonchev–Trinajstić information content (AvgIpc) is 3.33. The number of aromatic amines is 1. The van der Waals surface area contributed by atoms with Gasteiger partial charge < -0.3 is 15.6 Å². The van der Waals surface area contributed by atoms with E-state index in [1.807, 2.05) is 31.5 Å². The van der Waals surface area contributed by atoms with E-state index >= 15 is 0 Å². The summed E-state index contributed by atoms with van der Waals surface area (Å²) in [5.41, 5.74) is 11.0. The second-order valence-electron chi connectivity index (χ2n) is 6.99. The van der Waals surface area contributed by atoms with E-state index in [1.165, 1.54) is 0 Å². The molecule has 0 atom stereocenters. The number of carbonyl (C=O) groups excluding carboxylic acids is 1. The Labute approximate surface area is 167 Å². The van der Waals surface area contributed by atoms with Crippen LogP contribution in [0.3, 0.4) is 0 Å². The Balaban J connectivity index is 1.72. The molecular weight excluding hydrogens is 368 g/mol. The summed E-state index contributed by atoms with van der Waals surface area (Å²) in [5.74, 6) is 0.235. The van der Waals surface area contributed by atoms with Crippen LogP contribution < -0.4 is 5.73 Å². The van der Waals surface area contributed by atoms with Crippen molar-refractivity contribution in [1.29, 1.82) is 0 Å². The highest BCUT2D eigenvalue weighted by Crippen LogP contribution is 2.30. The number of likely N-dealkylation sites (N-methyl/N-ethyl adjacent to an activating group) is 1. The van der Waals surface area contributed by atoms with Crippen molar-refractivity contribution in [2.75, 3.05) is 19.8 Å². The molecule has 0 bridgehead atoms. The molecule has 0 unspecified atom stereocenters. The molecule has 4 aromatic rings. The molecule has 0 aliphatic rings. The van der Waals surface area contributed by atoms with Crippen LogP contribution in [0.1, 0.15) is 12.6 Å². The van der Waals surface area contributed by atoms with Crippen LogP contribution in [0.4, 0.5) is 5.95 Å². The number of rotatable bonds is 5. The summed E-state index contributed by atoms with van der Waals surface area (Å²) in [4.78, 5) is 29.8. The van der Waals surface area contributed by atoms with Gasteiger partial charge in [0.15, 0.2) is 0 Å². The van der Waals surface area contributed by atoms with Crippen LogP contribution in [-0.4, -0.2) is 54.6 Å². The van der Waals surface area contributed by atoms with Crippen molar-refractivity contribution in [3.05, 3.63) is 42.6 Å². The number of aromatic nitrogens is 6. The highest BCUT2D eigenvalue weighted by Gasteiger charge is 2.13. The summed E-state index contributed by atoms with van der Waals surface area (Å²) >= 11 is 0. The monoisotopic (exact) mass is 390 g/mol. The highest BCUT2D eigenvalue weighted by molar-refractivity contribution is 5.95. The quantitative estimate of drug-likeness (QED) is 0.539. The first-order valence-electron chi connectivity index (χ1n) is 9.28. The normalized spacial score (nSPS) is 11.1. The number of amides is 1. The number of hydrogen-bond donors (Lipinski definition) is 2. The van der Waals surface area contributed by atoms with Gasteiger partial charge in [-0.15, -0.1) is 0 Å². The predicted molar refractivity (Wildman–Crippen MR) is 111 cm³/mol. The van der Waals surface area contributed by atoms with Gasteiger partial charge in [-0.1, -0.05) is 6.92 Å². The van der Waals surface area contributed by atoms with E-state index in [0.29, 0.717) is 0 Å². The lowest BCUT2D eigenvalue weighted by Gasteiger charge is -2.09. The zero-order chi connectivity index (χ0) is 20.5. The molecule has 4 aromatic heterocycles. The molecule has 0 aliphatic heterocycles. The molecule has 4 rings (SSSR count). The summed E-state index contributed by atoms with van der Waals surface area (Å²) in [7, 11) is 3.45. The zero-order valence-corrected chi connectivity index (χ0v) is 16.5. The Kier molecular flexibility index (Phi) is 4.71. The van der Waals surface area contributed by atoms with Crippen LogP contribution in [0.2, 0.25) is 0 Å². The minimum Gasteiger partial charge on any atom is -0.368 e. The Morgan fingerprint density at radius 2 is 2.03 bits per heavy atom. The molecule has 0 saturated carbocycles. The smallest absolute Gasteiger partial charge is 0.243 e. The molecule has 0 aliphatic carbocycles. The third-order valence-corrected chi connectivity index (χ3v) is 4.73. The Bertz CT molecular complexity index is 1190. The van der Waals surface area contributed by atoms with Crippen LogP contribution in [0.5, 0.6) is 0 Å². The minimum atomic E-state index is -0.0192. The molecular formula is C20H22N8O. The Hall–Kier alpha value is -3.75.